The number of benzene rings is 1. The zero-order chi connectivity index (χ0) is 12.9. The number of carbonyl (C=O) groups is 1. The van der Waals surface area contributed by atoms with E-state index in [1.807, 2.05) is 0 Å². The lowest BCUT2D eigenvalue weighted by molar-refractivity contribution is -0.153. The van der Waals surface area contributed by atoms with Crippen LogP contribution in [0.15, 0.2) is 24.3 Å². The molecule has 94 valence electrons. The number of ether oxygens (including phenoxy) is 2. The van der Waals surface area contributed by atoms with Crippen LogP contribution in [0.25, 0.3) is 0 Å². The van der Waals surface area contributed by atoms with E-state index in [9.17, 15) is 18.0 Å². The smallest absolute Gasteiger partial charge is 0.422 e. The molecule has 0 aromatic heterocycles. The van der Waals surface area contributed by atoms with Crippen LogP contribution < -0.4 is 9.47 Å². The van der Waals surface area contributed by atoms with Crippen molar-refractivity contribution in [2.75, 3.05) is 6.61 Å². The summed E-state index contributed by atoms with van der Waals surface area (Å²) < 4.78 is 45.3. The Kier molecular flexibility index (Phi) is 4.37. The van der Waals surface area contributed by atoms with Gasteiger partial charge in [-0.1, -0.05) is 19.1 Å². The third kappa shape index (κ3) is 4.76. The Morgan fingerprint density at radius 2 is 1.82 bits per heavy atom. The molecule has 0 aliphatic carbocycles. The predicted molar refractivity (Wildman–Crippen MR) is 53.9 cm³/mol. The molecule has 3 nitrogen and oxygen atoms in total. The highest BCUT2D eigenvalue weighted by molar-refractivity contribution is 5.72. The zero-order valence-corrected chi connectivity index (χ0v) is 9.08. The van der Waals surface area contributed by atoms with Crippen molar-refractivity contribution in [3.63, 3.8) is 0 Å². The first-order valence-electron chi connectivity index (χ1n) is 4.91. The van der Waals surface area contributed by atoms with E-state index in [0.29, 0.717) is 0 Å². The van der Waals surface area contributed by atoms with Crippen molar-refractivity contribution in [1.29, 1.82) is 0 Å². The molecule has 0 N–H and O–H groups in total. The highest BCUT2D eigenvalue weighted by Crippen LogP contribution is 2.28. The maximum atomic E-state index is 12.0. The van der Waals surface area contributed by atoms with Crippen LogP contribution in [0.4, 0.5) is 13.2 Å². The van der Waals surface area contributed by atoms with Crippen molar-refractivity contribution >= 4 is 5.97 Å². The molecule has 0 fully saturated rings. The van der Waals surface area contributed by atoms with E-state index in [1.165, 1.54) is 18.2 Å². The van der Waals surface area contributed by atoms with Crippen LogP contribution in [-0.2, 0) is 4.79 Å². The number of esters is 1. The van der Waals surface area contributed by atoms with E-state index in [0.717, 1.165) is 0 Å². The summed E-state index contributed by atoms with van der Waals surface area (Å²) in [7, 11) is 0. The van der Waals surface area contributed by atoms with Crippen LogP contribution in [0, 0.1) is 0 Å². The Morgan fingerprint density at radius 1 is 1.24 bits per heavy atom. The third-order valence-corrected chi connectivity index (χ3v) is 1.75. The monoisotopic (exact) mass is 248 g/mol. The minimum absolute atomic E-state index is 0.0106. The van der Waals surface area contributed by atoms with Gasteiger partial charge in [-0.05, 0) is 12.1 Å². The van der Waals surface area contributed by atoms with E-state index in [-0.39, 0.29) is 17.9 Å². The van der Waals surface area contributed by atoms with Gasteiger partial charge >= 0.3 is 12.1 Å². The molecule has 1 aromatic carbocycles. The number of carbonyl (C=O) groups excluding carboxylic acids is 1. The first kappa shape index (κ1) is 13.3. The lowest BCUT2D eigenvalue weighted by Crippen LogP contribution is -2.19. The molecule has 0 spiro atoms. The largest absolute Gasteiger partial charge is 0.480 e. The summed E-state index contributed by atoms with van der Waals surface area (Å²) in [4.78, 5) is 11.0. The van der Waals surface area contributed by atoms with Gasteiger partial charge in [-0.3, -0.25) is 4.79 Å². The Morgan fingerprint density at radius 3 is 2.35 bits per heavy atom. The number of halogens is 3. The van der Waals surface area contributed by atoms with Crippen molar-refractivity contribution in [2.45, 2.75) is 19.5 Å². The number of para-hydroxylation sites is 2. The maximum Gasteiger partial charge on any atom is 0.422 e. The van der Waals surface area contributed by atoms with Gasteiger partial charge in [0, 0.05) is 6.42 Å². The Hall–Kier alpha value is -1.72. The van der Waals surface area contributed by atoms with E-state index in [4.69, 9.17) is 4.74 Å². The average Bonchev–Trinajstić information content (AvgIpc) is 2.26. The fraction of sp³-hybridized carbons (Fsp3) is 0.364. The molecular weight excluding hydrogens is 237 g/mol. The molecule has 1 rings (SSSR count). The van der Waals surface area contributed by atoms with Crippen LogP contribution in [0.5, 0.6) is 11.5 Å². The van der Waals surface area contributed by atoms with Crippen molar-refractivity contribution < 1.29 is 27.4 Å². The normalized spacial score (nSPS) is 11.1. The molecule has 17 heavy (non-hydrogen) atoms. The Labute approximate surface area is 96.1 Å². The van der Waals surface area contributed by atoms with Gasteiger partial charge < -0.3 is 9.47 Å². The summed E-state index contributed by atoms with van der Waals surface area (Å²) in [5.41, 5.74) is 0. The van der Waals surface area contributed by atoms with Gasteiger partial charge in [-0.25, -0.2) is 0 Å². The highest BCUT2D eigenvalue weighted by atomic mass is 19.4. The molecule has 0 bridgehead atoms. The van der Waals surface area contributed by atoms with E-state index in [2.05, 4.69) is 4.74 Å². The van der Waals surface area contributed by atoms with Gasteiger partial charge in [0.15, 0.2) is 18.1 Å². The predicted octanol–water partition coefficient (Wildman–Crippen LogP) is 2.94. The molecule has 6 heteroatoms. The van der Waals surface area contributed by atoms with Gasteiger partial charge in [-0.2, -0.15) is 13.2 Å². The van der Waals surface area contributed by atoms with Crippen molar-refractivity contribution in [3.05, 3.63) is 24.3 Å². The molecule has 0 saturated carbocycles. The summed E-state index contributed by atoms with van der Waals surface area (Å²) in [6.45, 7) is 0.162. The maximum absolute atomic E-state index is 12.0. The highest BCUT2D eigenvalue weighted by Gasteiger charge is 2.29. The summed E-state index contributed by atoms with van der Waals surface area (Å²) in [6.07, 6.45) is -4.30. The standard InChI is InChI=1S/C11H11F3O3/c1-2-10(15)17-9-6-4-3-5-8(9)16-7-11(12,13)14/h3-6H,2,7H2,1H3. The second-order valence-electron chi connectivity index (χ2n) is 3.18. The quantitative estimate of drug-likeness (QED) is 0.607. The lowest BCUT2D eigenvalue weighted by atomic mass is 10.3. The van der Waals surface area contributed by atoms with E-state index >= 15 is 0 Å². The van der Waals surface area contributed by atoms with Gasteiger partial charge in [0.2, 0.25) is 0 Å². The minimum atomic E-state index is -4.43. The lowest BCUT2D eigenvalue weighted by Gasteiger charge is -2.12. The van der Waals surface area contributed by atoms with Crippen molar-refractivity contribution in [2.24, 2.45) is 0 Å². The summed E-state index contributed by atoms with van der Waals surface area (Å²) in [6, 6.07) is 5.72. The topological polar surface area (TPSA) is 35.5 Å². The number of rotatable bonds is 4. The fourth-order valence-corrected chi connectivity index (χ4v) is 1.01. The fourth-order valence-electron chi connectivity index (χ4n) is 1.01. The van der Waals surface area contributed by atoms with Gasteiger partial charge in [0.25, 0.3) is 0 Å². The van der Waals surface area contributed by atoms with Crippen LogP contribution in [0.3, 0.4) is 0 Å². The zero-order valence-electron chi connectivity index (χ0n) is 9.08. The van der Waals surface area contributed by atoms with Crippen molar-refractivity contribution in [3.8, 4) is 11.5 Å². The summed E-state index contributed by atoms with van der Waals surface area (Å²) in [5.74, 6) is -0.650. The van der Waals surface area contributed by atoms with Gasteiger partial charge in [-0.15, -0.1) is 0 Å². The Bertz CT molecular complexity index is 388. The molecule has 0 heterocycles. The summed E-state index contributed by atoms with van der Waals surface area (Å²) >= 11 is 0. The number of hydrogen-bond acceptors (Lipinski definition) is 3. The van der Waals surface area contributed by atoms with Crippen molar-refractivity contribution in [1.82, 2.24) is 0 Å². The van der Waals surface area contributed by atoms with Gasteiger partial charge in [0.05, 0.1) is 0 Å². The molecule has 0 unspecified atom stereocenters. The van der Waals surface area contributed by atoms with Crippen LogP contribution in [0.1, 0.15) is 13.3 Å². The first-order valence-corrected chi connectivity index (χ1v) is 4.91. The first-order chi connectivity index (χ1) is 7.92. The Balaban J connectivity index is 2.74. The van der Waals surface area contributed by atoms with Crippen LogP contribution >= 0.6 is 0 Å². The second-order valence-corrected chi connectivity index (χ2v) is 3.18. The molecular formula is C11H11F3O3. The molecule has 0 radical (unpaired) electrons. The number of hydrogen-bond donors (Lipinski definition) is 0. The average molecular weight is 248 g/mol. The molecule has 1 aromatic rings. The molecule has 0 aliphatic rings. The van der Waals surface area contributed by atoms with Crippen LogP contribution in [-0.4, -0.2) is 18.8 Å². The molecule has 0 aliphatic heterocycles. The number of alkyl halides is 3. The summed E-state index contributed by atoms with van der Waals surface area (Å²) in [5, 5.41) is 0. The van der Waals surface area contributed by atoms with E-state index < -0.39 is 18.8 Å². The minimum Gasteiger partial charge on any atom is -0.480 e. The third-order valence-electron chi connectivity index (χ3n) is 1.75. The second kappa shape index (κ2) is 5.56. The van der Waals surface area contributed by atoms with Gasteiger partial charge in [0.1, 0.15) is 0 Å². The van der Waals surface area contributed by atoms with E-state index in [1.54, 1.807) is 13.0 Å². The van der Waals surface area contributed by atoms with Crippen LogP contribution in [0.2, 0.25) is 0 Å². The SMILES string of the molecule is CCC(=O)Oc1ccccc1OCC(F)(F)F. The molecule has 0 atom stereocenters. The molecule has 0 saturated heterocycles. The molecule has 0 amide bonds.